The maximum Gasteiger partial charge on any atom is 0.328 e. The molecule has 14 heteroatoms. The molecule has 0 bridgehead atoms. The summed E-state index contributed by atoms with van der Waals surface area (Å²) >= 11 is 0. The van der Waals surface area contributed by atoms with Crippen LogP contribution in [0.2, 0.25) is 0 Å². The molecule has 1 heterocycles. The largest absolute Gasteiger partial charge is 0.464 e. The molecular weight excluding hydrogens is 650 g/mol. The number of carbonyl (C=O) groups excluding carboxylic acids is 3. The highest BCUT2D eigenvalue weighted by Gasteiger charge is 2.30. The van der Waals surface area contributed by atoms with Crippen molar-refractivity contribution in [1.29, 1.82) is 0 Å². The van der Waals surface area contributed by atoms with Crippen molar-refractivity contribution in [2.75, 3.05) is 6.61 Å². The van der Waals surface area contributed by atoms with Crippen LogP contribution in [-0.2, 0) is 35.6 Å². The lowest BCUT2D eigenvalue weighted by molar-refractivity contribution is -0.383. The number of rotatable bonds is 12. The number of aromatic nitrogens is 1. The minimum Gasteiger partial charge on any atom is -0.464 e. The SMILES string of the molecule is CCOC(=O)[C@H](Cc1c[nH]c2ccccc12)NC(=O)[C@H](C)NC(=O)[C@H](C)NS(=O)(=O)c1ccc2ccc3ccc([N+](=O)[O-])c4ccc1c2c34. The first-order valence-electron chi connectivity index (χ1n) is 15.6. The number of aromatic amines is 1. The highest BCUT2D eigenvalue weighted by atomic mass is 32.2. The van der Waals surface area contributed by atoms with Gasteiger partial charge in [-0.3, -0.25) is 19.7 Å². The van der Waals surface area contributed by atoms with Gasteiger partial charge in [-0.15, -0.1) is 0 Å². The molecule has 6 aromatic rings. The molecule has 0 aliphatic carbocycles. The van der Waals surface area contributed by atoms with Crippen LogP contribution in [-0.4, -0.2) is 60.8 Å². The number of ether oxygens (including phenoxy) is 1. The molecule has 1 aromatic heterocycles. The van der Waals surface area contributed by atoms with Crippen molar-refractivity contribution in [2.24, 2.45) is 0 Å². The first-order valence-corrected chi connectivity index (χ1v) is 17.1. The number of esters is 1. The van der Waals surface area contributed by atoms with E-state index in [1.165, 1.54) is 38.1 Å². The molecule has 0 fully saturated rings. The van der Waals surface area contributed by atoms with Crippen molar-refractivity contribution in [3.05, 3.63) is 94.7 Å². The third-order valence-electron chi connectivity index (χ3n) is 8.55. The second-order valence-electron chi connectivity index (χ2n) is 11.8. The van der Waals surface area contributed by atoms with Crippen molar-refractivity contribution in [3.8, 4) is 0 Å². The zero-order valence-electron chi connectivity index (χ0n) is 26.8. The normalized spacial score (nSPS) is 13.8. The lowest BCUT2D eigenvalue weighted by Crippen LogP contribution is -2.54. The number of carbonyl (C=O) groups is 3. The van der Waals surface area contributed by atoms with E-state index in [0.29, 0.717) is 32.3 Å². The molecule has 252 valence electrons. The van der Waals surface area contributed by atoms with Gasteiger partial charge in [0.15, 0.2) is 0 Å². The topological polar surface area (TPSA) is 190 Å². The first-order chi connectivity index (χ1) is 23.4. The molecule has 49 heavy (non-hydrogen) atoms. The summed E-state index contributed by atoms with van der Waals surface area (Å²) < 4.78 is 34.9. The Kier molecular flexibility index (Phi) is 8.92. The quantitative estimate of drug-likeness (QED) is 0.0630. The summed E-state index contributed by atoms with van der Waals surface area (Å²) in [6.45, 7) is 4.52. The standard InChI is InChI=1S/C35H33N5O8S/c1-4-48-35(43)28(17-23-18-36-27-8-6-5-7-24(23)27)38-33(41)19(2)37-34(42)20(3)39-49(46,47)30-16-12-22-10-9-21-11-15-29(40(44)45)25-13-14-26(30)32(22)31(21)25/h5-16,18-20,28,36,39H,4,17H2,1-3H3,(H,37,42)(H,38,41)/t19-,20-,28-/m0/s1. The van der Waals surface area contributed by atoms with E-state index in [2.05, 4.69) is 20.3 Å². The maximum absolute atomic E-state index is 13.7. The van der Waals surface area contributed by atoms with Crippen LogP contribution in [0, 0.1) is 10.1 Å². The third-order valence-corrected chi connectivity index (χ3v) is 10.2. The van der Waals surface area contributed by atoms with Crippen molar-refractivity contribution >= 4 is 76.7 Å². The number of amides is 2. The molecule has 0 saturated carbocycles. The lowest BCUT2D eigenvalue weighted by atomic mass is 9.93. The zero-order valence-corrected chi connectivity index (χ0v) is 27.6. The maximum atomic E-state index is 13.7. The number of nitro benzene ring substituents is 1. The third kappa shape index (κ3) is 6.35. The summed E-state index contributed by atoms with van der Waals surface area (Å²) in [6, 6.07) is 16.8. The highest BCUT2D eigenvalue weighted by molar-refractivity contribution is 7.89. The number of nitrogens with zero attached hydrogens (tertiary/aromatic N) is 1. The molecule has 0 aliphatic heterocycles. The van der Waals surface area contributed by atoms with E-state index in [-0.39, 0.29) is 23.6 Å². The Labute approximate surface area is 280 Å². The highest BCUT2D eigenvalue weighted by Crippen LogP contribution is 2.40. The van der Waals surface area contributed by atoms with Gasteiger partial charge < -0.3 is 20.4 Å². The van der Waals surface area contributed by atoms with Crippen LogP contribution in [0.25, 0.3) is 43.2 Å². The van der Waals surface area contributed by atoms with Crippen LogP contribution in [0.4, 0.5) is 5.69 Å². The lowest BCUT2D eigenvalue weighted by Gasteiger charge is -2.22. The van der Waals surface area contributed by atoms with Crippen LogP contribution in [0.5, 0.6) is 0 Å². The van der Waals surface area contributed by atoms with Gasteiger partial charge in [0.25, 0.3) is 5.69 Å². The minimum atomic E-state index is -4.30. The van der Waals surface area contributed by atoms with Gasteiger partial charge in [-0.1, -0.05) is 42.5 Å². The molecule has 2 amide bonds. The van der Waals surface area contributed by atoms with Gasteiger partial charge in [0.2, 0.25) is 21.8 Å². The van der Waals surface area contributed by atoms with E-state index in [4.69, 9.17) is 4.74 Å². The van der Waals surface area contributed by atoms with Gasteiger partial charge in [-0.25, -0.2) is 13.2 Å². The Balaban J connectivity index is 1.18. The summed E-state index contributed by atoms with van der Waals surface area (Å²) in [5.41, 5.74) is 1.57. The van der Waals surface area contributed by atoms with Gasteiger partial charge in [0.05, 0.1) is 27.9 Å². The second-order valence-corrected chi connectivity index (χ2v) is 13.5. The van der Waals surface area contributed by atoms with E-state index in [1.807, 2.05) is 36.4 Å². The fourth-order valence-electron chi connectivity index (χ4n) is 6.16. The van der Waals surface area contributed by atoms with Crippen LogP contribution in [0.3, 0.4) is 0 Å². The summed E-state index contributed by atoms with van der Waals surface area (Å²) in [5, 5.41) is 21.0. The number of fused-ring (bicyclic) bond motifs is 1. The Bertz CT molecular complexity index is 2370. The van der Waals surface area contributed by atoms with Gasteiger partial charge >= 0.3 is 5.97 Å². The van der Waals surface area contributed by atoms with Gasteiger partial charge in [0.1, 0.15) is 12.1 Å². The summed E-state index contributed by atoms with van der Waals surface area (Å²) in [5.74, 6) is -2.07. The van der Waals surface area contributed by atoms with E-state index in [9.17, 15) is 32.9 Å². The number of hydrogen-bond acceptors (Lipinski definition) is 8. The number of sulfonamides is 1. The van der Waals surface area contributed by atoms with Gasteiger partial charge in [-0.05, 0) is 66.8 Å². The summed E-state index contributed by atoms with van der Waals surface area (Å²) in [4.78, 5) is 53.4. The first kappa shape index (κ1) is 33.3. The van der Waals surface area contributed by atoms with Crippen LogP contribution >= 0.6 is 0 Å². The van der Waals surface area contributed by atoms with Crippen LogP contribution in [0.15, 0.2) is 83.9 Å². The molecule has 0 aliphatic rings. The van der Waals surface area contributed by atoms with E-state index in [1.54, 1.807) is 25.3 Å². The average Bonchev–Trinajstić information content (AvgIpc) is 3.48. The van der Waals surface area contributed by atoms with E-state index < -0.39 is 50.9 Å². The molecule has 3 atom stereocenters. The molecule has 0 spiro atoms. The minimum absolute atomic E-state index is 0.0942. The molecule has 0 unspecified atom stereocenters. The van der Waals surface area contributed by atoms with Gasteiger partial charge in [0, 0.05) is 40.4 Å². The number of nitrogens with one attached hydrogen (secondary N) is 4. The number of benzene rings is 5. The monoisotopic (exact) mass is 683 g/mol. The number of non-ortho nitro benzene ring substituents is 1. The van der Waals surface area contributed by atoms with Gasteiger partial charge in [-0.2, -0.15) is 4.72 Å². The molecular formula is C35H33N5O8S. The molecule has 5 aromatic carbocycles. The molecule has 0 saturated heterocycles. The summed E-state index contributed by atoms with van der Waals surface area (Å²) in [7, 11) is -4.30. The second kappa shape index (κ2) is 13.1. The van der Waals surface area contributed by atoms with Crippen molar-refractivity contribution in [3.63, 3.8) is 0 Å². The average molecular weight is 684 g/mol. The van der Waals surface area contributed by atoms with Crippen molar-refractivity contribution in [2.45, 2.75) is 50.2 Å². The number of H-pyrrole nitrogens is 1. The Morgan fingerprint density at radius 1 is 0.837 bits per heavy atom. The molecule has 0 radical (unpaired) electrons. The zero-order chi connectivity index (χ0) is 35.0. The predicted molar refractivity (Wildman–Crippen MR) is 185 cm³/mol. The van der Waals surface area contributed by atoms with Crippen LogP contribution < -0.4 is 15.4 Å². The van der Waals surface area contributed by atoms with E-state index in [0.717, 1.165) is 16.5 Å². The number of nitro groups is 1. The predicted octanol–water partition coefficient (Wildman–Crippen LogP) is 4.44. The molecule has 6 rings (SSSR count). The molecule has 13 nitrogen and oxygen atoms in total. The van der Waals surface area contributed by atoms with Crippen molar-refractivity contribution in [1.82, 2.24) is 20.3 Å². The Morgan fingerprint density at radius 2 is 1.47 bits per heavy atom. The molecule has 4 N–H and O–H groups in total. The fraction of sp³-hybridized carbons (Fsp3) is 0.229. The van der Waals surface area contributed by atoms with Crippen molar-refractivity contribution < 1.29 is 32.5 Å². The van der Waals surface area contributed by atoms with E-state index >= 15 is 0 Å². The van der Waals surface area contributed by atoms with Crippen LogP contribution in [0.1, 0.15) is 26.3 Å². The smallest absolute Gasteiger partial charge is 0.328 e. The fourth-order valence-corrected chi connectivity index (χ4v) is 7.57. The number of hydrogen-bond donors (Lipinski definition) is 4. The Hall–Kier alpha value is -5.60. The Morgan fingerprint density at radius 3 is 2.18 bits per heavy atom. The number of para-hydroxylation sites is 1. The summed E-state index contributed by atoms with van der Waals surface area (Å²) in [6.07, 6.45) is 1.89.